The summed E-state index contributed by atoms with van der Waals surface area (Å²) in [5.41, 5.74) is 4.73. The van der Waals surface area contributed by atoms with Crippen molar-refractivity contribution in [2.24, 2.45) is 5.73 Å². The van der Waals surface area contributed by atoms with Crippen LogP contribution in [0.1, 0.15) is 6.92 Å². The lowest BCUT2D eigenvalue weighted by molar-refractivity contribution is -0.128. The molecule has 14 heavy (non-hydrogen) atoms. The van der Waals surface area contributed by atoms with E-state index in [-0.39, 0.29) is 19.0 Å². The number of carbonyl (C=O) groups excluding carboxylic acids is 3. The van der Waals surface area contributed by atoms with Gasteiger partial charge >= 0.3 is 0 Å². The van der Waals surface area contributed by atoms with E-state index in [0.29, 0.717) is 0 Å². The summed E-state index contributed by atoms with van der Waals surface area (Å²) in [7, 11) is 0. The Morgan fingerprint density at radius 2 is 1.93 bits per heavy atom. The molecule has 0 bridgehead atoms. The molecule has 7 heteroatoms. The molecule has 3 amide bonds. The molecule has 7 nitrogen and oxygen atoms in total. The molecule has 0 spiro atoms. The SMILES string of the molecule is CC(=O)NCC(=O)NCC(O)C(N)=O. The summed E-state index contributed by atoms with van der Waals surface area (Å²) in [6, 6.07) is 0. The van der Waals surface area contributed by atoms with Crippen LogP contribution in [0, 0.1) is 0 Å². The Morgan fingerprint density at radius 3 is 2.36 bits per heavy atom. The summed E-state index contributed by atoms with van der Waals surface area (Å²) in [4.78, 5) is 31.6. The van der Waals surface area contributed by atoms with Crippen LogP contribution < -0.4 is 16.4 Å². The smallest absolute Gasteiger partial charge is 0.248 e. The summed E-state index contributed by atoms with van der Waals surface area (Å²) in [5, 5.41) is 13.3. The number of carbonyl (C=O) groups is 3. The highest BCUT2D eigenvalue weighted by Crippen LogP contribution is 1.77. The average molecular weight is 203 g/mol. The van der Waals surface area contributed by atoms with Crippen molar-refractivity contribution < 1.29 is 19.5 Å². The van der Waals surface area contributed by atoms with Gasteiger partial charge in [-0.25, -0.2) is 0 Å². The molecule has 0 aromatic carbocycles. The number of nitrogens with one attached hydrogen (secondary N) is 2. The Bertz CT molecular complexity index is 241. The lowest BCUT2D eigenvalue weighted by atomic mass is 10.3. The monoisotopic (exact) mass is 203 g/mol. The van der Waals surface area contributed by atoms with Crippen molar-refractivity contribution >= 4 is 17.7 Å². The second kappa shape index (κ2) is 5.92. The number of hydrogen-bond acceptors (Lipinski definition) is 4. The van der Waals surface area contributed by atoms with Crippen molar-refractivity contribution in [1.29, 1.82) is 0 Å². The normalized spacial score (nSPS) is 11.6. The molecule has 0 aliphatic rings. The van der Waals surface area contributed by atoms with E-state index in [0.717, 1.165) is 0 Å². The molecule has 0 rings (SSSR count). The highest BCUT2D eigenvalue weighted by molar-refractivity contribution is 5.84. The van der Waals surface area contributed by atoms with Gasteiger partial charge in [0.05, 0.1) is 13.1 Å². The third kappa shape index (κ3) is 5.95. The number of aliphatic hydroxyl groups excluding tert-OH is 1. The fourth-order valence-corrected chi connectivity index (χ4v) is 0.578. The van der Waals surface area contributed by atoms with E-state index >= 15 is 0 Å². The number of aliphatic hydroxyl groups is 1. The lowest BCUT2D eigenvalue weighted by Crippen LogP contribution is -2.43. The van der Waals surface area contributed by atoms with Crippen LogP contribution in [0.25, 0.3) is 0 Å². The van der Waals surface area contributed by atoms with Gasteiger partial charge in [-0.15, -0.1) is 0 Å². The summed E-state index contributed by atoms with van der Waals surface area (Å²) < 4.78 is 0. The molecule has 0 saturated heterocycles. The molecule has 0 aliphatic heterocycles. The first-order valence-electron chi connectivity index (χ1n) is 3.92. The van der Waals surface area contributed by atoms with Crippen molar-refractivity contribution in [2.75, 3.05) is 13.1 Å². The zero-order chi connectivity index (χ0) is 11.1. The van der Waals surface area contributed by atoms with Crippen LogP contribution >= 0.6 is 0 Å². The Morgan fingerprint density at radius 1 is 1.36 bits per heavy atom. The fourth-order valence-electron chi connectivity index (χ4n) is 0.578. The van der Waals surface area contributed by atoms with E-state index in [1.165, 1.54) is 6.92 Å². The van der Waals surface area contributed by atoms with Crippen molar-refractivity contribution in [3.8, 4) is 0 Å². The standard InChI is InChI=1S/C7H13N3O4/c1-4(11)9-3-6(13)10-2-5(12)7(8)14/h5,12H,2-3H2,1H3,(H2,8,14)(H,9,11)(H,10,13). The van der Waals surface area contributed by atoms with Gasteiger partial charge in [-0.3, -0.25) is 14.4 Å². The van der Waals surface area contributed by atoms with Crippen LogP contribution in [-0.4, -0.2) is 42.0 Å². The van der Waals surface area contributed by atoms with Crippen LogP contribution in [0.2, 0.25) is 0 Å². The molecule has 0 saturated carbocycles. The number of hydrogen-bond donors (Lipinski definition) is 4. The van der Waals surface area contributed by atoms with E-state index in [1.54, 1.807) is 0 Å². The van der Waals surface area contributed by atoms with Crippen molar-refractivity contribution in [2.45, 2.75) is 13.0 Å². The van der Waals surface area contributed by atoms with Gasteiger partial charge in [0.2, 0.25) is 17.7 Å². The molecule has 0 aliphatic carbocycles. The topological polar surface area (TPSA) is 122 Å². The molecule has 0 aromatic heterocycles. The molecule has 0 aromatic rings. The van der Waals surface area contributed by atoms with Crippen molar-refractivity contribution in [3.63, 3.8) is 0 Å². The van der Waals surface area contributed by atoms with E-state index in [1.807, 2.05) is 0 Å². The quantitative estimate of drug-likeness (QED) is 0.382. The van der Waals surface area contributed by atoms with Crippen molar-refractivity contribution in [3.05, 3.63) is 0 Å². The van der Waals surface area contributed by atoms with Crippen LogP contribution in [0.4, 0.5) is 0 Å². The second-order valence-corrected chi connectivity index (χ2v) is 2.63. The van der Waals surface area contributed by atoms with Gasteiger partial charge in [0, 0.05) is 6.92 Å². The van der Waals surface area contributed by atoms with Gasteiger partial charge in [-0.1, -0.05) is 0 Å². The third-order valence-electron chi connectivity index (χ3n) is 1.32. The number of primary amides is 1. The number of rotatable bonds is 5. The minimum atomic E-state index is -1.41. The van der Waals surface area contributed by atoms with Gasteiger partial charge in [-0.05, 0) is 0 Å². The van der Waals surface area contributed by atoms with Gasteiger partial charge in [-0.2, -0.15) is 0 Å². The van der Waals surface area contributed by atoms with Crippen LogP contribution in [0.3, 0.4) is 0 Å². The minimum absolute atomic E-state index is 0.194. The zero-order valence-electron chi connectivity index (χ0n) is 7.74. The summed E-state index contributed by atoms with van der Waals surface area (Å²) >= 11 is 0. The van der Waals surface area contributed by atoms with Crippen molar-refractivity contribution in [1.82, 2.24) is 10.6 Å². The number of nitrogens with two attached hydrogens (primary N) is 1. The predicted octanol–water partition coefficient (Wildman–Crippen LogP) is -2.92. The summed E-state index contributed by atoms with van der Waals surface area (Å²) in [5.74, 6) is -1.75. The molecule has 0 heterocycles. The average Bonchev–Trinajstić information content (AvgIpc) is 2.10. The molecular formula is C7H13N3O4. The van der Waals surface area contributed by atoms with Crippen LogP contribution in [-0.2, 0) is 14.4 Å². The molecule has 5 N–H and O–H groups in total. The van der Waals surface area contributed by atoms with E-state index in [2.05, 4.69) is 10.6 Å². The summed E-state index contributed by atoms with van der Waals surface area (Å²) in [6.45, 7) is 0.820. The molecule has 0 fully saturated rings. The van der Waals surface area contributed by atoms with Gasteiger partial charge in [0.25, 0.3) is 0 Å². The Balaban J connectivity index is 3.64. The predicted molar refractivity (Wildman–Crippen MR) is 46.9 cm³/mol. The Kier molecular flexibility index (Phi) is 5.23. The maximum Gasteiger partial charge on any atom is 0.248 e. The first-order valence-corrected chi connectivity index (χ1v) is 3.92. The Labute approximate surface area is 80.6 Å². The minimum Gasteiger partial charge on any atom is -0.381 e. The Hall–Kier alpha value is -1.63. The van der Waals surface area contributed by atoms with Gasteiger partial charge in [0.15, 0.2) is 0 Å². The molecule has 0 radical (unpaired) electrons. The highest BCUT2D eigenvalue weighted by Gasteiger charge is 2.11. The van der Waals surface area contributed by atoms with Crippen LogP contribution in [0.5, 0.6) is 0 Å². The maximum absolute atomic E-state index is 10.9. The molecule has 1 unspecified atom stereocenters. The summed E-state index contributed by atoms with van der Waals surface area (Å²) in [6.07, 6.45) is -1.41. The molecular weight excluding hydrogens is 190 g/mol. The van der Waals surface area contributed by atoms with E-state index in [9.17, 15) is 14.4 Å². The lowest BCUT2D eigenvalue weighted by Gasteiger charge is -2.08. The van der Waals surface area contributed by atoms with E-state index in [4.69, 9.17) is 10.8 Å². The third-order valence-corrected chi connectivity index (χ3v) is 1.32. The first-order chi connectivity index (χ1) is 6.43. The largest absolute Gasteiger partial charge is 0.381 e. The molecule has 80 valence electrons. The zero-order valence-corrected chi connectivity index (χ0v) is 7.74. The van der Waals surface area contributed by atoms with Crippen LogP contribution in [0.15, 0.2) is 0 Å². The first kappa shape index (κ1) is 12.4. The number of amides is 3. The fraction of sp³-hybridized carbons (Fsp3) is 0.571. The van der Waals surface area contributed by atoms with Gasteiger partial charge in [0.1, 0.15) is 6.10 Å². The second-order valence-electron chi connectivity index (χ2n) is 2.63. The molecule has 1 atom stereocenters. The highest BCUT2D eigenvalue weighted by atomic mass is 16.3. The van der Waals surface area contributed by atoms with E-state index < -0.39 is 17.9 Å². The maximum atomic E-state index is 10.9. The van der Waals surface area contributed by atoms with Gasteiger partial charge < -0.3 is 21.5 Å².